The maximum atomic E-state index is 11.4. The van der Waals surface area contributed by atoms with Crippen molar-refractivity contribution in [1.82, 2.24) is 10.6 Å². The molecular weight excluding hydrogens is 212 g/mol. The highest BCUT2D eigenvalue weighted by Gasteiger charge is 2.37. The van der Waals surface area contributed by atoms with Crippen molar-refractivity contribution in [3.63, 3.8) is 0 Å². The second-order valence-electron chi connectivity index (χ2n) is 4.59. The first kappa shape index (κ1) is 12.1. The minimum absolute atomic E-state index is 0.102. The van der Waals surface area contributed by atoms with E-state index in [9.17, 15) is 4.79 Å². The minimum Gasteiger partial charge on any atom is -0.355 e. The Bertz CT molecular complexity index is 364. The van der Waals surface area contributed by atoms with Crippen molar-refractivity contribution in [2.75, 3.05) is 13.1 Å². The summed E-state index contributed by atoms with van der Waals surface area (Å²) in [5.41, 5.74) is 1.37. The third-order valence-electron chi connectivity index (χ3n) is 3.12. The van der Waals surface area contributed by atoms with E-state index in [1.165, 1.54) is 5.56 Å². The number of benzene rings is 1. The van der Waals surface area contributed by atoms with E-state index in [2.05, 4.69) is 41.8 Å². The van der Waals surface area contributed by atoms with Crippen LogP contribution in [0.15, 0.2) is 30.3 Å². The van der Waals surface area contributed by atoms with Crippen LogP contribution in [0.5, 0.6) is 0 Å². The normalized spacial score (nSPS) is 22.2. The predicted molar refractivity (Wildman–Crippen MR) is 68.9 cm³/mol. The first-order chi connectivity index (χ1) is 8.31. The van der Waals surface area contributed by atoms with Gasteiger partial charge in [0.05, 0.1) is 6.54 Å². The molecule has 2 rings (SSSR count). The Labute approximate surface area is 103 Å². The molecule has 2 N–H and O–H groups in total. The molecular formula is C14H20N2O. The summed E-state index contributed by atoms with van der Waals surface area (Å²) < 4.78 is 0. The summed E-state index contributed by atoms with van der Waals surface area (Å²) in [6.45, 7) is 3.27. The van der Waals surface area contributed by atoms with E-state index in [-0.39, 0.29) is 5.91 Å². The summed E-state index contributed by atoms with van der Waals surface area (Å²) in [6.07, 6.45) is 2.13. The van der Waals surface area contributed by atoms with E-state index < -0.39 is 0 Å². The first-order valence-corrected chi connectivity index (χ1v) is 6.36. The summed E-state index contributed by atoms with van der Waals surface area (Å²) in [5, 5.41) is 6.17. The topological polar surface area (TPSA) is 41.1 Å². The van der Waals surface area contributed by atoms with Crippen molar-refractivity contribution in [2.24, 2.45) is 0 Å². The molecule has 0 bridgehead atoms. The van der Waals surface area contributed by atoms with Gasteiger partial charge in [0.1, 0.15) is 0 Å². The first-order valence-electron chi connectivity index (χ1n) is 6.36. The summed E-state index contributed by atoms with van der Waals surface area (Å²) in [6, 6.07) is 11.0. The molecule has 2 unspecified atom stereocenters. The minimum atomic E-state index is 0.102. The molecule has 92 valence electrons. The van der Waals surface area contributed by atoms with Gasteiger partial charge < -0.3 is 10.6 Å². The van der Waals surface area contributed by atoms with Gasteiger partial charge in [-0.05, 0) is 18.4 Å². The van der Waals surface area contributed by atoms with Crippen molar-refractivity contribution in [2.45, 2.75) is 31.7 Å². The molecule has 0 radical (unpaired) electrons. The molecule has 0 aliphatic heterocycles. The van der Waals surface area contributed by atoms with Crippen molar-refractivity contribution in [1.29, 1.82) is 0 Å². The smallest absolute Gasteiger partial charge is 0.233 e. The molecule has 0 saturated heterocycles. The summed E-state index contributed by atoms with van der Waals surface area (Å²) in [4.78, 5) is 11.4. The van der Waals surface area contributed by atoms with E-state index in [4.69, 9.17) is 0 Å². The molecule has 0 spiro atoms. The van der Waals surface area contributed by atoms with E-state index in [0.29, 0.717) is 18.5 Å². The quantitative estimate of drug-likeness (QED) is 0.783. The van der Waals surface area contributed by atoms with Crippen LogP contribution in [0.4, 0.5) is 0 Å². The van der Waals surface area contributed by atoms with Gasteiger partial charge in [-0.2, -0.15) is 0 Å². The van der Waals surface area contributed by atoms with Gasteiger partial charge in [-0.25, -0.2) is 0 Å². The number of rotatable bonds is 6. The molecule has 3 heteroatoms. The molecule has 1 amide bonds. The van der Waals surface area contributed by atoms with Crippen LogP contribution in [0.2, 0.25) is 0 Å². The van der Waals surface area contributed by atoms with Gasteiger partial charge in [-0.1, -0.05) is 37.3 Å². The molecule has 0 aromatic heterocycles. The number of amides is 1. The fraction of sp³-hybridized carbons (Fsp3) is 0.500. The van der Waals surface area contributed by atoms with Crippen molar-refractivity contribution in [3.05, 3.63) is 35.9 Å². The number of carbonyl (C=O) groups is 1. The lowest BCUT2D eigenvalue weighted by molar-refractivity contribution is -0.120. The average Bonchev–Trinajstić information content (AvgIpc) is 3.14. The maximum Gasteiger partial charge on any atom is 0.233 e. The standard InChI is InChI=1S/C14H20N2O/c1-2-8-15-14(17)10-16-13-9-12(13)11-6-4-3-5-7-11/h3-7,12-13,16H,2,8-10H2,1H3,(H,15,17). The Kier molecular flexibility index (Phi) is 4.15. The molecule has 1 aromatic carbocycles. The summed E-state index contributed by atoms with van der Waals surface area (Å²) >= 11 is 0. The van der Waals surface area contributed by atoms with E-state index >= 15 is 0 Å². The van der Waals surface area contributed by atoms with Gasteiger partial charge in [-0.15, -0.1) is 0 Å². The summed E-state index contributed by atoms with van der Waals surface area (Å²) in [5.74, 6) is 0.695. The zero-order valence-corrected chi connectivity index (χ0v) is 10.3. The third kappa shape index (κ3) is 3.56. The van der Waals surface area contributed by atoms with Crippen LogP contribution in [0.3, 0.4) is 0 Å². The van der Waals surface area contributed by atoms with Crippen LogP contribution < -0.4 is 10.6 Å². The van der Waals surface area contributed by atoms with Crippen LogP contribution in [-0.4, -0.2) is 25.0 Å². The highest BCUT2D eigenvalue weighted by molar-refractivity contribution is 5.78. The Morgan fingerprint density at radius 3 is 2.82 bits per heavy atom. The molecule has 1 aromatic rings. The molecule has 1 aliphatic carbocycles. The monoisotopic (exact) mass is 232 g/mol. The van der Waals surface area contributed by atoms with Crippen molar-refractivity contribution < 1.29 is 4.79 Å². The molecule has 0 heterocycles. The lowest BCUT2D eigenvalue weighted by Gasteiger charge is -2.05. The highest BCUT2D eigenvalue weighted by atomic mass is 16.1. The van der Waals surface area contributed by atoms with Crippen LogP contribution in [0, 0.1) is 0 Å². The second-order valence-corrected chi connectivity index (χ2v) is 4.59. The average molecular weight is 232 g/mol. The van der Waals surface area contributed by atoms with Gasteiger partial charge in [-0.3, -0.25) is 4.79 Å². The van der Waals surface area contributed by atoms with Gasteiger partial charge >= 0.3 is 0 Å². The van der Waals surface area contributed by atoms with Crippen molar-refractivity contribution in [3.8, 4) is 0 Å². The third-order valence-corrected chi connectivity index (χ3v) is 3.12. The molecule has 1 saturated carbocycles. The molecule has 1 fully saturated rings. The van der Waals surface area contributed by atoms with Gasteiger partial charge in [0.2, 0.25) is 5.91 Å². The fourth-order valence-electron chi connectivity index (χ4n) is 2.04. The second kappa shape index (κ2) is 5.82. The molecule has 17 heavy (non-hydrogen) atoms. The zero-order chi connectivity index (χ0) is 12.1. The van der Waals surface area contributed by atoms with E-state index in [0.717, 1.165) is 19.4 Å². The van der Waals surface area contributed by atoms with Gasteiger partial charge in [0.15, 0.2) is 0 Å². The highest BCUT2D eigenvalue weighted by Crippen LogP contribution is 2.40. The maximum absolute atomic E-state index is 11.4. The predicted octanol–water partition coefficient (Wildman–Crippen LogP) is 1.66. The number of nitrogens with one attached hydrogen (secondary N) is 2. The van der Waals surface area contributed by atoms with Crippen molar-refractivity contribution >= 4 is 5.91 Å². The Balaban J connectivity index is 1.68. The number of hydrogen-bond acceptors (Lipinski definition) is 2. The Hall–Kier alpha value is -1.35. The lowest BCUT2D eigenvalue weighted by Crippen LogP contribution is -2.35. The van der Waals surface area contributed by atoms with Crippen LogP contribution >= 0.6 is 0 Å². The van der Waals surface area contributed by atoms with Crippen LogP contribution in [0.25, 0.3) is 0 Å². The summed E-state index contributed by atoms with van der Waals surface area (Å²) in [7, 11) is 0. The van der Waals surface area contributed by atoms with Crippen LogP contribution in [-0.2, 0) is 4.79 Å². The Morgan fingerprint density at radius 1 is 1.35 bits per heavy atom. The SMILES string of the molecule is CCCNC(=O)CNC1CC1c1ccccc1. The van der Waals surface area contributed by atoms with Gasteiger partial charge in [0, 0.05) is 18.5 Å². The lowest BCUT2D eigenvalue weighted by atomic mass is 10.1. The zero-order valence-electron chi connectivity index (χ0n) is 10.3. The number of hydrogen-bond donors (Lipinski definition) is 2. The van der Waals surface area contributed by atoms with Gasteiger partial charge in [0.25, 0.3) is 0 Å². The fourth-order valence-corrected chi connectivity index (χ4v) is 2.04. The molecule has 3 nitrogen and oxygen atoms in total. The largest absolute Gasteiger partial charge is 0.355 e. The van der Waals surface area contributed by atoms with E-state index in [1.807, 2.05) is 6.07 Å². The molecule has 1 aliphatic rings. The Morgan fingerprint density at radius 2 is 2.12 bits per heavy atom. The molecule has 2 atom stereocenters. The van der Waals surface area contributed by atoms with Crippen LogP contribution in [0.1, 0.15) is 31.2 Å². The number of carbonyl (C=O) groups excluding carboxylic acids is 1. The van der Waals surface area contributed by atoms with E-state index in [1.54, 1.807) is 0 Å².